The molecule has 16 nitrogen and oxygen atoms in total. The van der Waals surface area contributed by atoms with Crippen molar-refractivity contribution in [2.45, 2.75) is 185 Å². The Morgan fingerprint density at radius 2 is 1.48 bits per heavy atom. The second-order valence-electron chi connectivity index (χ2n) is 16.8. The quantitative estimate of drug-likeness (QED) is 0.252. The van der Waals surface area contributed by atoms with Crippen LogP contribution < -0.4 is 0 Å². The van der Waals surface area contributed by atoms with Crippen molar-refractivity contribution in [1.29, 1.82) is 0 Å². The van der Waals surface area contributed by atoms with Gasteiger partial charge in [-0.15, -0.1) is 0 Å². The highest BCUT2D eigenvalue weighted by Gasteiger charge is 2.59. The molecule has 4 aliphatic heterocycles. The van der Waals surface area contributed by atoms with E-state index in [1.807, 2.05) is 25.9 Å². The van der Waals surface area contributed by atoms with E-state index >= 15 is 0 Å². The lowest BCUT2D eigenvalue weighted by Gasteiger charge is -2.48. The van der Waals surface area contributed by atoms with Gasteiger partial charge >= 0.3 is 18.1 Å². The van der Waals surface area contributed by atoms with Crippen molar-refractivity contribution in [1.82, 2.24) is 4.90 Å². The molecule has 18 atom stereocenters. The Bertz CT molecular complexity index is 1320. The SMILES string of the molecule is CCC1OC(=O)[C@H](C)[C@@H](O[C@H]2C[C@@](C)(OC)[C@@H](O)[C@H](C)O2)[C@H](C)[C@@H](O[C@@H]2O[C@H](C)C[C@H](N(C)C)[C@H]2O)[C@](C)(O)C[C@H](C)OC(=O)[C@H](C)[C@H]2OC(=O)O[C@]12C. The molecule has 0 aliphatic carbocycles. The molecule has 0 spiro atoms. The summed E-state index contributed by atoms with van der Waals surface area (Å²) in [4.78, 5) is 42.4. The summed E-state index contributed by atoms with van der Waals surface area (Å²) in [5.41, 5.74) is -4.42. The monoisotopic (exact) mass is 775 g/mol. The molecule has 0 bridgehead atoms. The van der Waals surface area contributed by atoms with Gasteiger partial charge < -0.3 is 62.9 Å². The van der Waals surface area contributed by atoms with E-state index in [9.17, 15) is 29.7 Å². The fourth-order valence-corrected chi connectivity index (χ4v) is 8.76. The number of carbonyl (C=O) groups is 3. The topological polar surface area (TPSA) is 198 Å². The number of ether oxygens (including phenoxy) is 9. The summed E-state index contributed by atoms with van der Waals surface area (Å²) in [5, 5.41) is 34.9. The molecule has 0 aromatic heterocycles. The molecule has 1 unspecified atom stereocenters. The van der Waals surface area contributed by atoms with Crippen molar-refractivity contribution < 1.29 is 72.3 Å². The summed E-state index contributed by atoms with van der Waals surface area (Å²) >= 11 is 0. The summed E-state index contributed by atoms with van der Waals surface area (Å²) in [6.07, 6.45) is -11.1. The Kier molecular flexibility index (Phi) is 14.1. The molecular weight excluding hydrogens is 710 g/mol. The average Bonchev–Trinajstić information content (AvgIpc) is 3.40. The molecule has 3 N–H and O–H groups in total. The lowest BCUT2D eigenvalue weighted by Crippen LogP contribution is -2.60. The molecule has 4 fully saturated rings. The first-order valence-electron chi connectivity index (χ1n) is 19.2. The zero-order chi connectivity index (χ0) is 40.7. The maximum Gasteiger partial charge on any atom is 0.509 e. The third-order valence-electron chi connectivity index (χ3n) is 12.0. The molecule has 4 rings (SSSR count). The molecule has 4 saturated heterocycles. The van der Waals surface area contributed by atoms with Crippen LogP contribution in [0.5, 0.6) is 0 Å². The molecule has 0 saturated carbocycles. The molecule has 16 heteroatoms. The highest BCUT2D eigenvalue weighted by molar-refractivity contribution is 5.76. The Morgan fingerprint density at radius 1 is 0.852 bits per heavy atom. The van der Waals surface area contributed by atoms with Crippen molar-refractivity contribution in [3.8, 4) is 0 Å². The summed E-state index contributed by atoms with van der Waals surface area (Å²) in [6.45, 7) is 16.6. The number of fused-ring (bicyclic) bond motifs is 1. The number of rotatable bonds is 7. The highest BCUT2D eigenvalue weighted by Crippen LogP contribution is 2.42. The third-order valence-corrected chi connectivity index (χ3v) is 12.0. The van der Waals surface area contributed by atoms with Crippen molar-refractivity contribution in [3.63, 3.8) is 0 Å². The van der Waals surface area contributed by atoms with Crippen LogP contribution in [0.2, 0.25) is 0 Å². The first-order valence-corrected chi connectivity index (χ1v) is 19.2. The van der Waals surface area contributed by atoms with Crippen LogP contribution >= 0.6 is 0 Å². The van der Waals surface area contributed by atoms with Crippen LogP contribution in [0.1, 0.15) is 94.9 Å². The van der Waals surface area contributed by atoms with Crippen molar-refractivity contribution >= 4 is 18.1 Å². The fraction of sp³-hybridized carbons (Fsp3) is 0.921. The van der Waals surface area contributed by atoms with Crippen molar-refractivity contribution in [2.75, 3.05) is 21.2 Å². The first-order chi connectivity index (χ1) is 25.0. The van der Waals surface area contributed by atoms with Gasteiger partial charge in [0.15, 0.2) is 24.3 Å². The van der Waals surface area contributed by atoms with E-state index < -0.39 is 114 Å². The van der Waals surface area contributed by atoms with Crippen LogP contribution in [0.25, 0.3) is 0 Å². The highest BCUT2D eigenvalue weighted by atomic mass is 16.8. The van der Waals surface area contributed by atoms with Gasteiger partial charge in [-0.1, -0.05) is 13.8 Å². The minimum Gasteiger partial charge on any atom is -0.462 e. The minimum atomic E-state index is -1.80. The maximum absolute atomic E-state index is 14.3. The Hall–Kier alpha value is -2.15. The number of methoxy groups -OCH3 is 1. The lowest BCUT2D eigenvalue weighted by atomic mass is 9.79. The standard InChI is InChI=1S/C38H65NO15/c1-14-25-38(10)31(53-35(44)54-38)22(6)33(43)47-19(3)16-36(8,45)30(52-34-27(40)24(39(11)12)15-18(2)48-34)20(4)28(21(5)32(42)50-25)51-26-17-37(9,46-13)29(41)23(7)49-26/h18-31,34,40-41,45H,14-17H2,1-13H3/t18-,19+,20+,21-,22-,23+,24+,25?,26+,27-,28+,29+,30-,31-,34+,36-,37-,38-/m1/s1. The predicted molar refractivity (Wildman–Crippen MR) is 191 cm³/mol. The van der Waals surface area contributed by atoms with Gasteiger partial charge in [-0.05, 0) is 82.3 Å². The normalized spacial score (nSPS) is 48.5. The second kappa shape index (κ2) is 17.1. The van der Waals surface area contributed by atoms with Crippen LogP contribution in [0.3, 0.4) is 0 Å². The van der Waals surface area contributed by atoms with Crippen LogP contribution in [-0.2, 0) is 52.2 Å². The van der Waals surface area contributed by atoms with Gasteiger partial charge in [0.2, 0.25) is 0 Å². The molecule has 312 valence electrons. The van der Waals surface area contributed by atoms with Crippen molar-refractivity contribution in [2.24, 2.45) is 17.8 Å². The van der Waals surface area contributed by atoms with Crippen molar-refractivity contribution in [3.05, 3.63) is 0 Å². The summed E-state index contributed by atoms with van der Waals surface area (Å²) in [6, 6.07) is -0.332. The van der Waals surface area contributed by atoms with Crippen LogP contribution in [0.15, 0.2) is 0 Å². The van der Waals surface area contributed by atoms with Gasteiger partial charge in [-0.25, -0.2) is 4.79 Å². The summed E-state index contributed by atoms with van der Waals surface area (Å²) in [7, 11) is 5.18. The number of likely N-dealkylation sites (N-methyl/N-ethyl adjacent to an activating group) is 1. The molecular formula is C38H65NO15. The zero-order valence-electron chi connectivity index (χ0n) is 34.2. The number of hydrogen-bond donors (Lipinski definition) is 3. The Labute approximate surface area is 319 Å². The average molecular weight is 776 g/mol. The van der Waals surface area contributed by atoms with E-state index in [1.165, 1.54) is 21.0 Å². The van der Waals surface area contributed by atoms with Gasteiger partial charge in [0.25, 0.3) is 0 Å². The van der Waals surface area contributed by atoms with Gasteiger partial charge in [0.05, 0.1) is 47.5 Å². The van der Waals surface area contributed by atoms with Crippen LogP contribution in [-0.4, -0.2) is 150 Å². The van der Waals surface area contributed by atoms with Gasteiger partial charge in [0.1, 0.15) is 24.4 Å². The zero-order valence-corrected chi connectivity index (χ0v) is 34.2. The lowest BCUT2D eigenvalue weighted by molar-refractivity contribution is -0.318. The molecule has 54 heavy (non-hydrogen) atoms. The van der Waals surface area contributed by atoms with E-state index in [1.54, 1.807) is 48.5 Å². The van der Waals surface area contributed by atoms with E-state index in [0.29, 0.717) is 6.42 Å². The van der Waals surface area contributed by atoms with Gasteiger partial charge in [-0.3, -0.25) is 9.59 Å². The van der Waals surface area contributed by atoms with E-state index in [0.717, 1.165) is 0 Å². The van der Waals surface area contributed by atoms with E-state index in [2.05, 4.69) is 0 Å². The second-order valence-corrected chi connectivity index (χ2v) is 16.8. The smallest absolute Gasteiger partial charge is 0.462 e. The number of esters is 2. The molecule has 0 aromatic carbocycles. The predicted octanol–water partition coefficient (Wildman–Crippen LogP) is 2.69. The number of hydrogen-bond acceptors (Lipinski definition) is 16. The molecule has 0 amide bonds. The van der Waals surface area contributed by atoms with Crippen LogP contribution in [0, 0.1) is 17.8 Å². The third kappa shape index (κ3) is 9.18. The van der Waals surface area contributed by atoms with Gasteiger partial charge in [0, 0.05) is 31.9 Å². The molecule has 4 heterocycles. The summed E-state index contributed by atoms with van der Waals surface area (Å²) < 4.78 is 54.4. The largest absolute Gasteiger partial charge is 0.509 e. The molecule has 4 aliphatic rings. The van der Waals surface area contributed by atoms with Crippen LogP contribution in [0.4, 0.5) is 4.79 Å². The number of nitrogens with zero attached hydrogens (tertiary/aromatic N) is 1. The number of cyclic esters (lactones) is 2. The number of aliphatic hydroxyl groups is 3. The van der Waals surface area contributed by atoms with Gasteiger partial charge in [-0.2, -0.15) is 0 Å². The fourth-order valence-electron chi connectivity index (χ4n) is 8.76. The molecule has 0 radical (unpaired) electrons. The minimum absolute atomic E-state index is 0.0872. The Morgan fingerprint density at radius 3 is 2.07 bits per heavy atom. The van der Waals surface area contributed by atoms with E-state index in [-0.39, 0.29) is 31.4 Å². The Balaban J connectivity index is 1.83. The summed E-state index contributed by atoms with van der Waals surface area (Å²) in [5.74, 6) is -4.43. The first kappa shape index (κ1) is 44.6. The van der Waals surface area contributed by atoms with E-state index in [4.69, 9.17) is 42.6 Å². The number of aliphatic hydroxyl groups excluding tert-OH is 2. The number of carbonyl (C=O) groups excluding carboxylic acids is 3. The maximum atomic E-state index is 14.3. The molecule has 0 aromatic rings.